The van der Waals surface area contributed by atoms with E-state index in [-0.39, 0.29) is 22.2 Å². The second-order valence-electron chi connectivity index (χ2n) is 6.50. The molecule has 1 N–H and O–H groups in total. The third kappa shape index (κ3) is 4.64. The minimum atomic E-state index is -0.285. The summed E-state index contributed by atoms with van der Waals surface area (Å²) in [7, 11) is 0. The lowest BCUT2D eigenvalue weighted by Gasteiger charge is -2.10. The number of hydrogen-bond donors (Lipinski definition) is 1. The molecular weight excluding hydrogens is 394 g/mol. The van der Waals surface area contributed by atoms with Crippen LogP contribution >= 0.6 is 23.4 Å². The van der Waals surface area contributed by atoms with Crippen LogP contribution in [0.15, 0.2) is 58.6 Å². The molecule has 0 saturated carbocycles. The topological polar surface area (TPSA) is 64.0 Å². The van der Waals surface area contributed by atoms with Gasteiger partial charge in [-0.3, -0.25) is 14.2 Å². The fourth-order valence-corrected chi connectivity index (χ4v) is 3.49. The van der Waals surface area contributed by atoms with Crippen LogP contribution in [-0.4, -0.2) is 21.2 Å². The molecule has 0 aliphatic rings. The molecule has 0 spiro atoms. The number of rotatable bonds is 5. The summed E-state index contributed by atoms with van der Waals surface area (Å²) in [5.41, 5.74) is 4.14. The van der Waals surface area contributed by atoms with Crippen LogP contribution in [0.4, 0.5) is 5.69 Å². The number of nitrogens with zero attached hydrogens (tertiary/aromatic N) is 2. The second-order valence-corrected chi connectivity index (χ2v) is 7.87. The number of carbonyl (C=O) groups excluding carboxylic acids is 1. The van der Waals surface area contributed by atoms with Crippen molar-refractivity contribution in [1.29, 1.82) is 0 Å². The first-order valence-electron chi connectivity index (χ1n) is 8.69. The number of carbonyl (C=O) groups is 1. The Bertz CT molecular complexity index is 1100. The molecule has 0 saturated heterocycles. The minimum absolute atomic E-state index is 0.0916. The first-order chi connectivity index (χ1) is 13.3. The fourth-order valence-electron chi connectivity index (χ4n) is 2.62. The predicted octanol–water partition coefficient (Wildman–Crippen LogP) is 4.54. The van der Waals surface area contributed by atoms with Crippen LogP contribution in [0.25, 0.3) is 5.69 Å². The molecule has 0 atom stereocenters. The predicted molar refractivity (Wildman–Crippen MR) is 115 cm³/mol. The number of halogens is 1. The Balaban J connectivity index is 1.74. The molecular formula is C21H20ClN3O2S. The van der Waals surface area contributed by atoms with E-state index in [1.54, 1.807) is 18.5 Å². The summed E-state index contributed by atoms with van der Waals surface area (Å²) in [5.74, 6) is -0.0948. The van der Waals surface area contributed by atoms with Gasteiger partial charge < -0.3 is 5.32 Å². The monoisotopic (exact) mass is 413 g/mol. The third-order valence-electron chi connectivity index (χ3n) is 4.25. The van der Waals surface area contributed by atoms with Crippen molar-refractivity contribution in [3.63, 3.8) is 0 Å². The van der Waals surface area contributed by atoms with E-state index in [1.165, 1.54) is 4.57 Å². The fraction of sp³-hybridized carbons (Fsp3) is 0.190. The lowest BCUT2D eigenvalue weighted by Crippen LogP contribution is -2.22. The van der Waals surface area contributed by atoms with Crippen LogP contribution in [0.1, 0.15) is 16.7 Å². The zero-order chi connectivity index (χ0) is 20.3. The maximum Gasteiger partial charge on any atom is 0.287 e. The summed E-state index contributed by atoms with van der Waals surface area (Å²) in [6, 6.07) is 11.3. The molecule has 144 valence electrons. The summed E-state index contributed by atoms with van der Waals surface area (Å²) in [6.07, 6.45) is 3.13. The molecule has 0 fully saturated rings. The molecule has 28 heavy (non-hydrogen) atoms. The number of hydrogen-bond acceptors (Lipinski definition) is 4. The molecule has 0 aliphatic heterocycles. The summed E-state index contributed by atoms with van der Waals surface area (Å²) >= 11 is 7.28. The average Bonchev–Trinajstić information content (AvgIpc) is 2.66. The molecule has 3 rings (SSSR count). The van der Waals surface area contributed by atoms with Crippen molar-refractivity contribution in [3.8, 4) is 5.69 Å². The Morgan fingerprint density at radius 2 is 1.89 bits per heavy atom. The normalized spacial score (nSPS) is 10.7. The quantitative estimate of drug-likeness (QED) is 0.623. The molecule has 2 aromatic carbocycles. The Morgan fingerprint density at radius 3 is 2.64 bits per heavy atom. The Hall–Kier alpha value is -2.57. The molecule has 0 radical (unpaired) electrons. The molecule has 7 heteroatoms. The Kier molecular flexibility index (Phi) is 6.21. The number of aromatic nitrogens is 2. The summed E-state index contributed by atoms with van der Waals surface area (Å²) in [5, 5.41) is 3.73. The van der Waals surface area contributed by atoms with Crippen molar-refractivity contribution in [1.82, 2.24) is 9.55 Å². The maximum atomic E-state index is 12.7. The largest absolute Gasteiger partial charge is 0.325 e. The van der Waals surface area contributed by atoms with E-state index in [2.05, 4.69) is 10.3 Å². The van der Waals surface area contributed by atoms with Crippen LogP contribution in [0, 0.1) is 20.8 Å². The van der Waals surface area contributed by atoms with Crippen LogP contribution in [-0.2, 0) is 4.79 Å². The van der Waals surface area contributed by atoms with Gasteiger partial charge in [0, 0.05) is 23.1 Å². The van der Waals surface area contributed by atoms with Crippen molar-refractivity contribution in [3.05, 3.63) is 80.9 Å². The number of amides is 1. The van der Waals surface area contributed by atoms with Gasteiger partial charge in [0.1, 0.15) is 0 Å². The summed E-state index contributed by atoms with van der Waals surface area (Å²) in [4.78, 5) is 29.2. The van der Waals surface area contributed by atoms with E-state index >= 15 is 0 Å². The molecule has 1 heterocycles. The molecule has 1 aromatic heterocycles. The highest BCUT2D eigenvalue weighted by Crippen LogP contribution is 2.20. The van der Waals surface area contributed by atoms with E-state index in [0.717, 1.165) is 34.1 Å². The zero-order valence-electron chi connectivity index (χ0n) is 15.8. The van der Waals surface area contributed by atoms with Crippen molar-refractivity contribution < 1.29 is 4.79 Å². The van der Waals surface area contributed by atoms with Crippen LogP contribution in [0.2, 0.25) is 5.02 Å². The van der Waals surface area contributed by atoms with Gasteiger partial charge in [-0.1, -0.05) is 41.6 Å². The zero-order valence-corrected chi connectivity index (χ0v) is 17.4. The van der Waals surface area contributed by atoms with Gasteiger partial charge in [0.05, 0.1) is 11.4 Å². The molecule has 0 aliphatic carbocycles. The first kappa shape index (κ1) is 20.2. The Labute approximate surface area is 172 Å². The number of anilines is 1. The first-order valence-corrected chi connectivity index (χ1v) is 10.1. The van der Waals surface area contributed by atoms with Crippen molar-refractivity contribution >= 4 is 35.0 Å². The molecule has 1 amide bonds. The minimum Gasteiger partial charge on any atom is -0.325 e. The summed E-state index contributed by atoms with van der Waals surface area (Å²) < 4.78 is 1.48. The van der Waals surface area contributed by atoms with E-state index in [9.17, 15) is 9.59 Å². The van der Waals surface area contributed by atoms with Gasteiger partial charge in [0.2, 0.25) is 5.91 Å². The van der Waals surface area contributed by atoms with Crippen LogP contribution in [0.3, 0.4) is 0 Å². The van der Waals surface area contributed by atoms with Gasteiger partial charge in [-0.2, -0.15) is 0 Å². The van der Waals surface area contributed by atoms with Gasteiger partial charge in [0.15, 0.2) is 5.03 Å². The van der Waals surface area contributed by atoms with E-state index < -0.39 is 0 Å². The number of thioether (sulfide) groups is 1. The SMILES string of the molecule is Cc1ccc(C)c(NC(=O)CSc2nccn(-c3ccc(C)c(Cl)c3)c2=O)c1. The molecule has 0 bridgehead atoms. The van der Waals surface area contributed by atoms with Crippen molar-refractivity contribution in [2.24, 2.45) is 0 Å². The standard InChI is InChI=1S/C21H20ClN3O2S/c1-13-4-5-15(3)18(10-13)24-19(26)12-28-20-21(27)25(9-8-23-20)16-7-6-14(2)17(22)11-16/h4-11H,12H2,1-3H3,(H,24,26). The lowest BCUT2D eigenvalue weighted by molar-refractivity contribution is -0.113. The van der Waals surface area contributed by atoms with Gasteiger partial charge in [-0.25, -0.2) is 4.98 Å². The highest BCUT2D eigenvalue weighted by molar-refractivity contribution is 7.99. The smallest absolute Gasteiger partial charge is 0.287 e. The molecule has 0 unspecified atom stereocenters. The van der Waals surface area contributed by atoms with Crippen molar-refractivity contribution in [2.75, 3.05) is 11.1 Å². The van der Waals surface area contributed by atoms with Crippen LogP contribution in [0.5, 0.6) is 0 Å². The highest BCUT2D eigenvalue weighted by atomic mass is 35.5. The van der Waals surface area contributed by atoms with Crippen LogP contribution < -0.4 is 10.9 Å². The van der Waals surface area contributed by atoms with Gasteiger partial charge in [-0.05, 0) is 55.7 Å². The number of nitrogens with one attached hydrogen (secondary N) is 1. The van der Waals surface area contributed by atoms with Gasteiger partial charge in [-0.15, -0.1) is 0 Å². The number of benzene rings is 2. The third-order valence-corrected chi connectivity index (χ3v) is 5.62. The lowest BCUT2D eigenvalue weighted by atomic mass is 10.1. The molecule has 5 nitrogen and oxygen atoms in total. The summed E-state index contributed by atoms with van der Waals surface area (Å²) in [6.45, 7) is 5.81. The average molecular weight is 414 g/mol. The van der Waals surface area contributed by atoms with Crippen molar-refractivity contribution in [2.45, 2.75) is 25.8 Å². The maximum absolute atomic E-state index is 12.7. The highest BCUT2D eigenvalue weighted by Gasteiger charge is 2.12. The molecule has 3 aromatic rings. The van der Waals surface area contributed by atoms with E-state index in [1.807, 2.05) is 51.1 Å². The van der Waals surface area contributed by atoms with Gasteiger partial charge in [0.25, 0.3) is 5.56 Å². The van der Waals surface area contributed by atoms with Gasteiger partial charge >= 0.3 is 0 Å². The van der Waals surface area contributed by atoms with E-state index in [0.29, 0.717) is 10.7 Å². The Morgan fingerprint density at radius 1 is 1.14 bits per heavy atom. The number of aryl methyl sites for hydroxylation is 3. The second kappa shape index (κ2) is 8.63. The van der Waals surface area contributed by atoms with E-state index in [4.69, 9.17) is 11.6 Å².